The molecule has 146 valence electrons. The highest BCUT2D eigenvalue weighted by Gasteiger charge is 2.11. The van der Waals surface area contributed by atoms with Crippen molar-refractivity contribution < 1.29 is 14.2 Å². The molecule has 2 aromatic carbocycles. The van der Waals surface area contributed by atoms with Crippen molar-refractivity contribution in [3.8, 4) is 5.75 Å². The molecule has 0 aromatic heterocycles. The van der Waals surface area contributed by atoms with Crippen molar-refractivity contribution in [2.75, 3.05) is 26.2 Å². The molecule has 0 saturated heterocycles. The highest BCUT2D eigenvalue weighted by atomic mass is 19.1. The zero-order valence-corrected chi connectivity index (χ0v) is 15.9. The standard InChI is InChI=1S/C21H28FN3O2/c1-3-23-21(25-14-18(15-26)17-8-5-4-6-9-17)24-13-16(2)27-20-11-7-10-19(22)12-20/h4-12,16,18,26H,3,13-15H2,1-2H3,(H2,23,24,25). The van der Waals surface area contributed by atoms with Crippen molar-refractivity contribution in [1.29, 1.82) is 0 Å². The Balaban J connectivity index is 1.90. The van der Waals surface area contributed by atoms with E-state index >= 15 is 0 Å². The van der Waals surface area contributed by atoms with Gasteiger partial charge < -0.3 is 20.5 Å². The maximum absolute atomic E-state index is 13.2. The van der Waals surface area contributed by atoms with E-state index in [1.807, 2.05) is 44.2 Å². The van der Waals surface area contributed by atoms with Crippen molar-refractivity contribution in [3.05, 3.63) is 66.0 Å². The fourth-order valence-electron chi connectivity index (χ4n) is 2.59. The third kappa shape index (κ3) is 7.27. The molecule has 2 atom stereocenters. The molecule has 6 heteroatoms. The largest absolute Gasteiger partial charge is 0.489 e. The second-order valence-electron chi connectivity index (χ2n) is 6.28. The van der Waals surface area contributed by atoms with Gasteiger partial charge in [-0.15, -0.1) is 0 Å². The molecule has 0 aliphatic carbocycles. The summed E-state index contributed by atoms with van der Waals surface area (Å²) in [6.07, 6.45) is -0.168. The van der Waals surface area contributed by atoms with Crippen LogP contribution in [0.4, 0.5) is 4.39 Å². The first kappa shape index (κ1) is 20.7. The summed E-state index contributed by atoms with van der Waals surface area (Å²) in [6.45, 7) is 5.63. The molecular formula is C21H28FN3O2. The Hall–Kier alpha value is -2.60. The lowest BCUT2D eigenvalue weighted by Crippen LogP contribution is -2.42. The van der Waals surface area contributed by atoms with Crippen LogP contribution in [0.5, 0.6) is 5.75 Å². The van der Waals surface area contributed by atoms with Crippen molar-refractivity contribution in [2.24, 2.45) is 4.99 Å². The fraction of sp³-hybridized carbons (Fsp3) is 0.381. The summed E-state index contributed by atoms with van der Waals surface area (Å²) in [5.41, 5.74) is 1.06. The Bertz CT molecular complexity index is 710. The third-order valence-electron chi connectivity index (χ3n) is 4.00. The van der Waals surface area contributed by atoms with E-state index < -0.39 is 0 Å². The molecule has 0 amide bonds. The predicted octanol–water partition coefficient (Wildman–Crippen LogP) is 2.92. The summed E-state index contributed by atoms with van der Waals surface area (Å²) in [4.78, 5) is 4.57. The Morgan fingerprint density at radius 2 is 1.93 bits per heavy atom. The molecule has 0 saturated carbocycles. The van der Waals surface area contributed by atoms with Gasteiger partial charge in [0.1, 0.15) is 17.7 Å². The molecule has 0 spiro atoms. The minimum atomic E-state index is -0.321. The van der Waals surface area contributed by atoms with E-state index in [0.29, 0.717) is 24.8 Å². The van der Waals surface area contributed by atoms with Gasteiger partial charge in [-0.1, -0.05) is 36.4 Å². The Labute approximate surface area is 160 Å². The molecule has 0 radical (unpaired) electrons. The SMILES string of the molecule is CCNC(=NCC(CO)c1ccccc1)NCC(C)Oc1cccc(F)c1. The number of guanidine groups is 1. The van der Waals surface area contributed by atoms with Crippen LogP contribution in [0.25, 0.3) is 0 Å². The second kappa shape index (κ2) is 11.2. The summed E-state index contributed by atoms with van der Waals surface area (Å²) < 4.78 is 19.0. The quantitative estimate of drug-likeness (QED) is 0.467. The lowest BCUT2D eigenvalue weighted by Gasteiger charge is -2.18. The molecule has 0 aliphatic rings. The van der Waals surface area contributed by atoms with Crippen molar-refractivity contribution >= 4 is 5.96 Å². The van der Waals surface area contributed by atoms with Gasteiger partial charge in [0.15, 0.2) is 5.96 Å². The van der Waals surface area contributed by atoms with Gasteiger partial charge in [-0.05, 0) is 31.5 Å². The molecule has 27 heavy (non-hydrogen) atoms. The zero-order chi connectivity index (χ0) is 19.5. The third-order valence-corrected chi connectivity index (χ3v) is 4.00. The number of aliphatic hydroxyl groups is 1. The van der Waals surface area contributed by atoms with Crippen molar-refractivity contribution in [3.63, 3.8) is 0 Å². The van der Waals surface area contributed by atoms with Crippen LogP contribution in [-0.2, 0) is 0 Å². The Morgan fingerprint density at radius 1 is 1.15 bits per heavy atom. The Morgan fingerprint density at radius 3 is 2.59 bits per heavy atom. The highest BCUT2D eigenvalue weighted by molar-refractivity contribution is 5.79. The first-order valence-electron chi connectivity index (χ1n) is 9.22. The number of rotatable bonds is 9. The minimum absolute atomic E-state index is 0.0337. The molecule has 2 unspecified atom stereocenters. The van der Waals surface area contributed by atoms with Gasteiger partial charge in [0.2, 0.25) is 0 Å². The van der Waals surface area contributed by atoms with E-state index in [1.54, 1.807) is 12.1 Å². The molecule has 0 bridgehead atoms. The fourth-order valence-corrected chi connectivity index (χ4v) is 2.59. The highest BCUT2D eigenvalue weighted by Crippen LogP contribution is 2.15. The van der Waals surface area contributed by atoms with Gasteiger partial charge in [-0.2, -0.15) is 0 Å². The molecule has 0 fully saturated rings. The number of hydrogen-bond acceptors (Lipinski definition) is 3. The molecule has 2 aromatic rings. The van der Waals surface area contributed by atoms with E-state index in [2.05, 4.69) is 15.6 Å². The second-order valence-corrected chi connectivity index (χ2v) is 6.28. The first-order chi connectivity index (χ1) is 13.1. The van der Waals surface area contributed by atoms with Crippen LogP contribution in [0.15, 0.2) is 59.6 Å². The molecule has 2 rings (SSSR count). The average molecular weight is 373 g/mol. The number of aliphatic imine (C=N–C) groups is 1. The summed E-state index contributed by atoms with van der Waals surface area (Å²) in [5.74, 6) is 0.776. The summed E-state index contributed by atoms with van der Waals surface area (Å²) in [5, 5.41) is 16.1. The van der Waals surface area contributed by atoms with E-state index in [0.717, 1.165) is 12.1 Å². The minimum Gasteiger partial charge on any atom is -0.489 e. The lowest BCUT2D eigenvalue weighted by atomic mass is 10.0. The van der Waals surface area contributed by atoms with Crippen LogP contribution >= 0.6 is 0 Å². The van der Waals surface area contributed by atoms with E-state index in [4.69, 9.17) is 4.74 Å². The number of hydrogen-bond donors (Lipinski definition) is 3. The monoisotopic (exact) mass is 373 g/mol. The van der Waals surface area contributed by atoms with Crippen LogP contribution in [0.3, 0.4) is 0 Å². The van der Waals surface area contributed by atoms with Crippen LogP contribution in [0.1, 0.15) is 25.3 Å². The maximum Gasteiger partial charge on any atom is 0.191 e. The van der Waals surface area contributed by atoms with Crippen LogP contribution in [-0.4, -0.2) is 43.4 Å². The number of ether oxygens (including phenoxy) is 1. The van der Waals surface area contributed by atoms with Crippen molar-refractivity contribution in [1.82, 2.24) is 10.6 Å². The number of aliphatic hydroxyl groups excluding tert-OH is 1. The summed E-state index contributed by atoms with van der Waals surface area (Å²) in [6, 6.07) is 15.9. The van der Waals surface area contributed by atoms with Gasteiger partial charge in [-0.25, -0.2) is 4.39 Å². The normalized spacial score (nSPS) is 13.7. The molecule has 0 aliphatic heterocycles. The van der Waals surface area contributed by atoms with E-state index in [1.165, 1.54) is 12.1 Å². The van der Waals surface area contributed by atoms with Gasteiger partial charge in [0.05, 0.1) is 19.7 Å². The lowest BCUT2D eigenvalue weighted by molar-refractivity contribution is 0.223. The smallest absolute Gasteiger partial charge is 0.191 e. The summed E-state index contributed by atoms with van der Waals surface area (Å²) in [7, 11) is 0. The van der Waals surface area contributed by atoms with Gasteiger partial charge in [0.25, 0.3) is 0 Å². The molecule has 0 heterocycles. The predicted molar refractivity (Wildman–Crippen MR) is 107 cm³/mol. The maximum atomic E-state index is 13.2. The van der Waals surface area contributed by atoms with Gasteiger partial charge >= 0.3 is 0 Å². The van der Waals surface area contributed by atoms with Crippen LogP contribution in [0.2, 0.25) is 0 Å². The van der Waals surface area contributed by atoms with Crippen LogP contribution in [0, 0.1) is 5.82 Å². The number of benzene rings is 2. The van der Waals surface area contributed by atoms with Crippen LogP contribution < -0.4 is 15.4 Å². The van der Waals surface area contributed by atoms with Gasteiger partial charge in [-0.3, -0.25) is 4.99 Å². The average Bonchev–Trinajstić information content (AvgIpc) is 2.67. The Kier molecular flexibility index (Phi) is 8.58. The molecular weight excluding hydrogens is 345 g/mol. The number of nitrogens with zero attached hydrogens (tertiary/aromatic N) is 1. The molecule has 3 N–H and O–H groups in total. The first-order valence-corrected chi connectivity index (χ1v) is 9.22. The topological polar surface area (TPSA) is 65.9 Å². The van der Waals surface area contributed by atoms with Gasteiger partial charge in [0, 0.05) is 18.5 Å². The molecule has 5 nitrogen and oxygen atoms in total. The van der Waals surface area contributed by atoms with Crippen molar-refractivity contribution in [2.45, 2.75) is 25.9 Å². The summed E-state index contributed by atoms with van der Waals surface area (Å²) >= 11 is 0. The van der Waals surface area contributed by atoms with E-state index in [9.17, 15) is 9.50 Å². The van der Waals surface area contributed by atoms with E-state index in [-0.39, 0.29) is 24.4 Å². The zero-order valence-electron chi connectivity index (χ0n) is 15.9. The number of nitrogens with one attached hydrogen (secondary N) is 2. The number of halogens is 1.